The van der Waals surface area contributed by atoms with Gasteiger partial charge in [-0.05, 0) is 25.8 Å². The summed E-state index contributed by atoms with van der Waals surface area (Å²) >= 11 is 0. The molecular weight excluding hydrogens is 314 g/mol. The predicted molar refractivity (Wildman–Crippen MR) is 101 cm³/mol. The lowest BCUT2D eigenvalue weighted by atomic mass is 10.1. The van der Waals surface area contributed by atoms with Crippen molar-refractivity contribution >= 4 is 5.96 Å². The van der Waals surface area contributed by atoms with Crippen molar-refractivity contribution in [3.05, 3.63) is 46.6 Å². The van der Waals surface area contributed by atoms with Gasteiger partial charge < -0.3 is 15.2 Å². The first-order valence-corrected chi connectivity index (χ1v) is 8.82. The number of hydrogen-bond donors (Lipinski definition) is 2. The fraction of sp³-hybridized carbons (Fsp3) is 0.526. The molecule has 6 nitrogen and oxygen atoms in total. The maximum Gasteiger partial charge on any atom is 0.228 e. The highest BCUT2D eigenvalue weighted by molar-refractivity contribution is 5.79. The second-order valence-electron chi connectivity index (χ2n) is 6.62. The molecule has 0 saturated carbocycles. The molecule has 1 heterocycles. The van der Waals surface area contributed by atoms with Crippen LogP contribution in [0.3, 0.4) is 0 Å². The second kappa shape index (κ2) is 9.20. The summed E-state index contributed by atoms with van der Waals surface area (Å²) in [5.41, 5.74) is 3.95. The van der Waals surface area contributed by atoms with E-state index in [1.165, 1.54) is 16.7 Å². The third-order valence-electron chi connectivity index (χ3n) is 3.84. The van der Waals surface area contributed by atoms with Gasteiger partial charge in [0.2, 0.25) is 5.89 Å². The SMILES string of the molecule is CN=C(NCCc1cc(C)cc(C)c1)NCCc1nc(C(C)C)no1. The highest BCUT2D eigenvalue weighted by atomic mass is 16.5. The summed E-state index contributed by atoms with van der Waals surface area (Å²) in [5, 5.41) is 10.6. The molecule has 0 spiro atoms. The number of nitrogens with one attached hydrogen (secondary N) is 2. The van der Waals surface area contributed by atoms with Crippen molar-refractivity contribution < 1.29 is 4.52 Å². The van der Waals surface area contributed by atoms with Gasteiger partial charge in [-0.15, -0.1) is 0 Å². The Balaban J connectivity index is 1.73. The first-order valence-electron chi connectivity index (χ1n) is 8.82. The van der Waals surface area contributed by atoms with Crippen molar-refractivity contribution in [3.63, 3.8) is 0 Å². The molecule has 0 saturated heterocycles. The number of benzene rings is 1. The molecular formula is C19H29N5O. The molecule has 2 aromatic rings. The van der Waals surface area contributed by atoms with Crippen LogP contribution in [0.15, 0.2) is 27.7 Å². The molecule has 136 valence electrons. The number of aliphatic imine (C=N–C) groups is 1. The fourth-order valence-electron chi connectivity index (χ4n) is 2.65. The molecule has 0 aliphatic heterocycles. The highest BCUT2D eigenvalue weighted by Gasteiger charge is 2.09. The van der Waals surface area contributed by atoms with Gasteiger partial charge in [-0.2, -0.15) is 4.98 Å². The first-order chi connectivity index (χ1) is 12.0. The van der Waals surface area contributed by atoms with Gasteiger partial charge in [-0.3, -0.25) is 4.99 Å². The standard InChI is InChI=1S/C19H29N5O/c1-13(2)18-23-17(25-24-18)7-9-22-19(20-5)21-8-6-16-11-14(3)10-15(4)12-16/h10-13H,6-9H2,1-5H3,(H2,20,21,22). The van der Waals surface area contributed by atoms with E-state index in [2.05, 4.69) is 57.8 Å². The van der Waals surface area contributed by atoms with Crippen LogP contribution in [0.4, 0.5) is 0 Å². The average molecular weight is 343 g/mol. The van der Waals surface area contributed by atoms with Gasteiger partial charge in [0, 0.05) is 32.5 Å². The molecule has 25 heavy (non-hydrogen) atoms. The van der Waals surface area contributed by atoms with Crippen LogP contribution in [0.1, 0.15) is 48.2 Å². The molecule has 0 fully saturated rings. The molecule has 0 unspecified atom stereocenters. The van der Waals surface area contributed by atoms with Crippen LogP contribution in [0.25, 0.3) is 0 Å². The Morgan fingerprint density at radius 2 is 1.72 bits per heavy atom. The zero-order chi connectivity index (χ0) is 18.2. The van der Waals surface area contributed by atoms with Crippen LogP contribution in [0.5, 0.6) is 0 Å². The monoisotopic (exact) mass is 343 g/mol. The first kappa shape index (κ1) is 19.0. The minimum Gasteiger partial charge on any atom is -0.356 e. The van der Waals surface area contributed by atoms with E-state index in [4.69, 9.17) is 4.52 Å². The Hall–Kier alpha value is -2.37. The smallest absolute Gasteiger partial charge is 0.228 e. The Morgan fingerprint density at radius 1 is 1.08 bits per heavy atom. The molecule has 0 amide bonds. The van der Waals surface area contributed by atoms with Gasteiger partial charge in [-0.25, -0.2) is 0 Å². The predicted octanol–water partition coefficient (Wildman–Crippen LogP) is 2.76. The minimum atomic E-state index is 0.283. The molecule has 2 N–H and O–H groups in total. The highest BCUT2D eigenvalue weighted by Crippen LogP contribution is 2.10. The quantitative estimate of drug-likeness (QED) is 0.597. The lowest BCUT2D eigenvalue weighted by Gasteiger charge is -2.11. The molecule has 0 aliphatic rings. The molecule has 1 aromatic heterocycles. The second-order valence-corrected chi connectivity index (χ2v) is 6.62. The number of rotatable bonds is 7. The minimum absolute atomic E-state index is 0.283. The Kier molecular flexibility index (Phi) is 6.98. The van der Waals surface area contributed by atoms with Crippen molar-refractivity contribution in [1.82, 2.24) is 20.8 Å². The van der Waals surface area contributed by atoms with Crippen molar-refractivity contribution in [1.29, 1.82) is 0 Å². The largest absolute Gasteiger partial charge is 0.356 e. The summed E-state index contributed by atoms with van der Waals surface area (Å²) in [6.45, 7) is 9.89. The number of aryl methyl sites for hydroxylation is 2. The van der Waals surface area contributed by atoms with Crippen molar-refractivity contribution in [2.24, 2.45) is 4.99 Å². The van der Waals surface area contributed by atoms with Crippen LogP contribution in [-0.4, -0.2) is 36.2 Å². The third kappa shape index (κ3) is 6.21. The molecule has 0 aliphatic carbocycles. The van der Waals surface area contributed by atoms with E-state index in [1.54, 1.807) is 7.05 Å². The van der Waals surface area contributed by atoms with Crippen molar-refractivity contribution in [2.45, 2.75) is 46.5 Å². The topological polar surface area (TPSA) is 75.3 Å². The van der Waals surface area contributed by atoms with Crippen LogP contribution < -0.4 is 10.6 Å². The number of guanidine groups is 1. The number of aromatic nitrogens is 2. The van der Waals surface area contributed by atoms with Gasteiger partial charge in [0.15, 0.2) is 11.8 Å². The molecule has 6 heteroatoms. The molecule has 0 atom stereocenters. The lowest BCUT2D eigenvalue weighted by Crippen LogP contribution is -2.39. The summed E-state index contributed by atoms with van der Waals surface area (Å²) in [5.74, 6) is 2.48. The zero-order valence-corrected chi connectivity index (χ0v) is 15.9. The molecule has 1 aromatic carbocycles. The number of hydrogen-bond acceptors (Lipinski definition) is 4. The van der Waals surface area contributed by atoms with E-state index in [-0.39, 0.29) is 5.92 Å². The maximum atomic E-state index is 5.24. The Bertz CT molecular complexity index is 685. The van der Waals surface area contributed by atoms with Gasteiger partial charge in [0.1, 0.15) is 0 Å². The van der Waals surface area contributed by atoms with E-state index >= 15 is 0 Å². The third-order valence-corrected chi connectivity index (χ3v) is 3.84. The summed E-state index contributed by atoms with van der Waals surface area (Å²) in [7, 11) is 1.77. The van der Waals surface area contributed by atoms with Crippen molar-refractivity contribution in [3.8, 4) is 0 Å². The molecule has 0 radical (unpaired) electrons. The normalized spacial score (nSPS) is 11.8. The maximum absolute atomic E-state index is 5.24. The van der Waals surface area contributed by atoms with Crippen LogP contribution >= 0.6 is 0 Å². The van der Waals surface area contributed by atoms with Crippen LogP contribution in [0.2, 0.25) is 0 Å². The summed E-state index contributed by atoms with van der Waals surface area (Å²) in [6, 6.07) is 6.65. The summed E-state index contributed by atoms with van der Waals surface area (Å²) in [6.07, 6.45) is 1.64. The van der Waals surface area contributed by atoms with Crippen molar-refractivity contribution in [2.75, 3.05) is 20.1 Å². The van der Waals surface area contributed by atoms with Gasteiger partial charge in [0.05, 0.1) is 0 Å². The van der Waals surface area contributed by atoms with Crippen LogP contribution in [-0.2, 0) is 12.8 Å². The lowest BCUT2D eigenvalue weighted by molar-refractivity contribution is 0.371. The zero-order valence-electron chi connectivity index (χ0n) is 15.9. The van der Waals surface area contributed by atoms with E-state index in [0.29, 0.717) is 18.9 Å². The fourth-order valence-corrected chi connectivity index (χ4v) is 2.65. The van der Waals surface area contributed by atoms with E-state index in [1.807, 2.05) is 13.8 Å². The summed E-state index contributed by atoms with van der Waals surface area (Å²) < 4.78 is 5.24. The molecule has 2 rings (SSSR count). The number of nitrogens with zero attached hydrogens (tertiary/aromatic N) is 3. The van der Waals surface area contributed by atoms with Crippen LogP contribution in [0, 0.1) is 13.8 Å². The average Bonchev–Trinajstić information content (AvgIpc) is 3.01. The van der Waals surface area contributed by atoms with Gasteiger partial charge in [-0.1, -0.05) is 48.3 Å². The van der Waals surface area contributed by atoms with E-state index < -0.39 is 0 Å². The summed E-state index contributed by atoms with van der Waals surface area (Å²) in [4.78, 5) is 8.62. The Morgan fingerprint density at radius 3 is 2.28 bits per heavy atom. The van der Waals surface area contributed by atoms with E-state index in [9.17, 15) is 0 Å². The van der Waals surface area contributed by atoms with E-state index in [0.717, 1.165) is 24.7 Å². The van der Waals surface area contributed by atoms with Gasteiger partial charge in [0.25, 0.3) is 0 Å². The Labute approximate surface area is 150 Å². The molecule has 0 bridgehead atoms. The van der Waals surface area contributed by atoms with Gasteiger partial charge >= 0.3 is 0 Å².